The Kier molecular flexibility index (Phi) is 32.5. The van der Waals surface area contributed by atoms with Gasteiger partial charge in [-0.2, -0.15) is 0 Å². The molecule has 14 nitrogen and oxygen atoms in total. The number of hydrogen-bond donors (Lipinski definition) is 6. The highest BCUT2D eigenvalue weighted by Gasteiger charge is 2.51. The number of hydrogen-bond acceptors (Lipinski definition) is 13. The standard InChI is InChI=1S/C49H85O14P/c1-3-5-7-9-11-13-15-17-18-19-20-21-23-25-27-29-31-35-43(51)61-39(38-60-64(57,58)63-49-47(55)45(53)44(52)46(54)48(49)56)37-59-42(50)36-32-34-41-40(62-41)33-30-28-26-24-22-16-14-12-10-8-6-4-2/h12,14,17-18,22,24,28,30,39-41,44-49,52-56H,3-11,13,15-16,19-21,23,25-27,29,31-38H2,1-2H3,(H,57,58)/b14-12-,18-17-,24-22-,30-28-/t39-,40?,41?,44?,45-,46+,47-,48-,49?/m1/s1. The van der Waals surface area contributed by atoms with E-state index >= 15 is 0 Å². The normalized spacial score (nSPS) is 25.1. The number of unbranched alkanes of at least 4 members (excludes halogenated alkanes) is 16. The Bertz CT molecular complexity index is 1370. The third kappa shape index (κ3) is 27.4. The minimum atomic E-state index is -5.14. The molecular weight excluding hydrogens is 843 g/mol. The number of ether oxygens (including phenoxy) is 3. The monoisotopic (exact) mass is 929 g/mol. The Balaban J connectivity index is 1.72. The fourth-order valence-corrected chi connectivity index (χ4v) is 8.46. The van der Waals surface area contributed by atoms with E-state index in [0.29, 0.717) is 19.3 Å². The molecule has 0 aromatic carbocycles. The summed E-state index contributed by atoms with van der Waals surface area (Å²) in [6, 6.07) is 0. The van der Waals surface area contributed by atoms with Gasteiger partial charge in [0, 0.05) is 12.8 Å². The van der Waals surface area contributed by atoms with Crippen LogP contribution < -0.4 is 0 Å². The van der Waals surface area contributed by atoms with E-state index in [4.69, 9.17) is 23.3 Å². The molecule has 6 N–H and O–H groups in total. The van der Waals surface area contributed by atoms with Crippen molar-refractivity contribution in [2.45, 2.75) is 236 Å². The van der Waals surface area contributed by atoms with E-state index in [1.807, 2.05) is 0 Å². The Morgan fingerprint density at radius 1 is 0.562 bits per heavy atom. The largest absolute Gasteiger partial charge is 0.472 e. The first kappa shape index (κ1) is 57.9. The second-order valence-electron chi connectivity index (χ2n) is 17.3. The number of epoxide rings is 1. The summed E-state index contributed by atoms with van der Waals surface area (Å²) in [5.41, 5.74) is 0. The summed E-state index contributed by atoms with van der Waals surface area (Å²) in [6.07, 6.45) is 30.3. The highest BCUT2D eigenvalue weighted by Crippen LogP contribution is 2.47. The van der Waals surface area contributed by atoms with Crippen molar-refractivity contribution in [3.8, 4) is 0 Å². The molecule has 64 heavy (non-hydrogen) atoms. The van der Waals surface area contributed by atoms with Crippen molar-refractivity contribution in [1.29, 1.82) is 0 Å². The van der Waals surface area contributed by atoms with E-state index in [1.165, 1.54) is 57.8 Å². The van der Waals surface area contributed by atoms with Crippen LogP contribution in [0, 0.1) is 0 Å². The van der Waals surface area contributed by atoms with Crippen LogP contribution in [0.4, 0.5) is 0 Å². The Morgan fingerprint density at radius 2 is 1.03 bits per heavy atom. The molecule has 2 fully saturated rings. The molecule has 0 amide bonds. The van der Waals surface area contributed by atoms with E-state index in [9.17, 15) is 44.6 Å². The number of phosphoric ester groups is 1. The zero-order valence-electron chi connectivity index (χ0n) is 39.0. The number of aliphatic hydroxyl groups excluding tert-OH is 5. The van der Waals surface area contributed by atoms with Gasteiger partial charge in [0.25, 0.3) is 0 Å². The summed E-state index contributed by atoms with van der Waals surface area (Å²) in [5, 5.41) is 50.2. The number of phosphoric acid groups is 1. The first-order valence-corrected chi connectivity index (χ1v) is 26.1. The third-order valence-corrected chi connectivity index (χ3v) is 12.6. The lowest BCUT2D eigenvalue weighted by Gasteiger charge is -2.41. The summed E-state index contributed by atoms with van der Waals surface area (Å²) in [7, 11) is -5.14. The molecule has 0 bridgehead atoms. The van der Waals surface area contributed by atoms with Crippen LogP contribution in [0.25, 0.3) is 0 Å². The minimum Gasteiger partial charge on any atom is -0.462 e. The average Bonchev–Trinajstić information content (AvgIpc) is 4.03. The molecular formula is C49H85O14P. The van der Waals surface area contributed by atoms with Gasteiger partial charge >= 0.3 is 19.8 Å². The van der Waals surface area contributed by atoms with Crippen molar-refractivity contribution < 1.29 is 67.8 Å². The molecule has 2 aliphatic rings. The maximum atomic E-state index is 12.9. The van der Waals surface area contributed by atoms with E-state index in [-0.39, 0.29) is 25.0 Å². The summed E-state index contributed by atoms with van der Waals surface area (Å²) in [5.74, 6) is -1.18. The average molecular weight is 929 g/mol. The van der Waals surface area contributed by atoms with Gasteiger partial charge in [0.15, 0.2) is 6.10 Å². The number of esters is 2. The summed E-state index contributed by atoms with van der Waals surface area (Å²) in [4.78, 5) is 35.9. The molecule has 1 saturated heterocycles. The molecule has 10 atom stereocenters. The summed E-state index contributed by atoms with van der Waals surface area (Å²) in [6.45, 7) is 3.21. The van der Waals surface area contributed by atoms with Crippen molar-refractivity contribution in [3.63, 3.8) is 0 Å². The van der Waals surface area contributed by atoms with Gasteiger partial charge in [-0.1, -0.05) is 140 Å². The predicted octanol–water partition coefficient (Wildman–Crippen LogP) is 8.94. The van der Waals surface area contributed by atoms with E-state index in [0.717, 1.165) is 77.0 Å². The van der Waals surface area contributed by atoms with Gasteiger partial charge in [0.1, 0.15) is 43.2 Å². The van der Waals surface area contributed by atoms with Crippen molar-refractivity contribution in [1.82, 2.24) is 0 Å². The van der Waals surface area contributed by atoms with Crippen LogP contribution in [0.15, 0.2) is 48.6 Å². The molecule has 370 valence electrons. The third-order valence-electron chi connectivity index (χ3n) is 11.6. The predicted molar refractivity (Wildman–Crippen MR) is 248 cm³/mol. The molecule has 0 aromatic rings. The first-order chi connectivity index (χ1) is 30.9. The van der Waals surface area contributed by atoms with E-state index < -0.39 is 75.7 Å². The topological polar surface area (TPSA) is 222 Å². The molecule has 1 aliphatic heterocycles. The lowest BCUT2D eigenvalue weighted by atomic mass is 9.85. The van der Waals surface area contributed by atoms with Crippen LogP contribution in [-0.4, -0.2) is 111 Å². The van der Waals surface area contributed by atoms with Crippen molar-refractivity contribution in [2.24, 2.45) is 0 Å². The molecule has 0 radical (unpaired) electrons. The number of allylic oxidation sites excluding steroid dienone is 7. The van der Waals surface area contributed by atoms with E-state index in [1.54, 1.807) is 0 Å². The molecule has 1 heterocycles. The zero-order chi connectivity index (χ0) is 46.8. The Labute approximate surface area is 384 Å². The number of carbonyl (C=O) groups excluding carboxylic acids is 2. The van der Waals surface area contributed by atoms with Gasteiger partial charge in [0.05, 0.1) is 18.8 Å². The van der Waals surface area contributed by atoms with Crippen LogP contribution in [0.3, 0.4) is 0 Å². The maximum Gasteiger partial charge on any atom is 0.472 e. The van der Waals surface area contributed by atoms with Gasteiger partial charge in [0.2, 0.25) is 0 Å². The second-order valence-corrected chi connectivity index (χ2v) is 18.8. The smallest absolute Gasteiger partial charge is 0.462 e. The zero-order valence-corrected chi connectivity index (χ0v) is 39.9. The van der Waals surface area contributed by atoms with Crippen molar-refractivity contribution in [3.05, 3.63) is 48.6 Å². The van der Waals surface area contributed by atoms with Gasteiger partial charge < -0.3 is 44.6 Å². The maximum absolute atomic E-state index is 12.9. The van der Waals surface area contributed by atoms with E-state index in [2.05, 4.69) is 62.5 Å². The van der Waals surface area contributed by atoms with Gasteiger partial charge in [-0.15, -0.1) is 0 Å². The minimum absolute atomic E-state index is 0.0603. The molecule has 0 aromatic heterocycles. The highest BCUT2D eigenvalue weighted by atomic mass is 31.2. The Hall–Kier alpha value is -2.23. The first-order valence-electron chi connectivity index (χ1n) is 24.6. The summed E-state index contributed by atoms with van der Waals surface area (Å²) < 4.78 is 39.3. The number of carbonyl (C=O) groups is 2. The SMILES string of the molecule is CCCCC/C=C\C/C=C\C/C=C\CC1OC1CCCC(=O)OC[C@H](COP(=O)(O)OC1[C@H](O)[C@H](O)C(O)[C@H](O)[C@H]1O)OC(=O)CCCCCCCCC/C=C\CCCCCCCC. The molecule has 0 spiro atoms. The number of rotatable bonds is 39. The van der Waals surface area contributed by atoms with Crippen molar-refractivity contribution >= 4 is 19.8 Å². The summed E-state index contributed by atoms with van der Waals surface area (Å²) >= 11 is 0. The van der Waals surface area contributed by atoms with Crippen LogP contribution in [0.2, 0.25) is 0 Å². The van der Waals surface area contributed by atoms with Crippen LogP contribution in [-0.2, 0) is 37.4 Å². The number of aliphatic hydroxyl groups is 5. The van der Waals surface area contributed by atoms with Crippen molar-refractivity contribution in [2.75, 3.05) is 13.2 Å². The van der Waals surface area contributed by atoms with Gasteiger partial charge in [-0.25, -0.2) is 4.57 Å². The van der Waals surface area contributed by atoms with Crippen LogP contribution >= 0.6 is 7.82 Å². The van der Waals surface area contributed by atoms with Crippen LogP contribution in [0.5, 0.6) is 0 Å². The lowest BCUT2D eigenvalue weighted by Crippen LogP contribution is -2.64. The molecule has 5 unspecified atom stereocenters. The quantitative estimate of drug-likeness (QED) is 0.0111. The lowest BCUT2D eigenvalue weighted by molar-refractivity contribution is -0.220. The van der Waals surface area contributed by atoms with Gasteiger partial charge in [-0.3, -0.25) is 18.6 Å². The fraction of sp³-hybridized carbons (Fsp3) is 0.796. The Morgan fingerprint density at radius 3 is 1.64 bits per heavy atom. The fourth-order valence-electron chi connectivity index (χ4n) is 7.49. The van der Waals surface area contributed by atoms with Crippen LogP contribution in [0.1, 0.15) is 181 Å². The molecule has 1 aliphatic carbocycles. The molecule has 15 heteroatoms. The van der Waals surface area contributed by atoms with Gasteiger partial charge in [-0.05, 0) is 77.0 Å². The second kappa shape index (κ2) is 35.9. The highest BCUT2D eigenvalue weighted by molar-refractivity contribution is 7.47. The molecule has 2 rings (SSSR count). The molecule has 1 saturated carbocycles.